The Bertz CT molecular complexity index is 1180. The number of hydrogen-bond donors (Lipinski definition) is 1. The number of thioether (sulfide) groups is 1. The second kappa shape index (κ2) is 11.7. The largest absolute Gasteiger partial charge is 0.490 e. The van der Waals surface area contributed by atoms with Crippen LogP contribution in [0.15, 0.2) is 64.2 Å². The number of carbonyl (C=O) groups is 1. The van der Waals surface area contributed by atoms with E-state index in [0.29, 0.717) is 42.1 Å². The zero-order chi connectivity index (χ0) is 24.6. The molecule has 2 aromatic carbocycles. The lowest BCUT2D eigenvalue weighted by Gasteiger charge is -2.20. The molecule has 0 saturated carbocycles. The maximum Gasteiger partial charge on any atom is 0.283 e. The second-order valence-corrected chi connectivity index (χ2v) is 8.81. The van der Waals surface area contributed by atoms with Crippen molar-refractivity contribution in [1.29, 1.82) is 5.41 Å². The zero-order valence-electron chi connectivity index (χ0n) is 19.8. The third-order valence-corrected chi connectivity index (χ3v) is 6.14. The summed E-state index contributed by atoms with van der Waals surface area (Å²) in [6.07, 6.45) is 4.51. The highest BCUT2D eigenvalue weighted by atomic mass is 32.2. The maximum atomic E-state index is 12.7. The molecule has 0 aromatic heterocycles. The first-order chi connectivity index (χ1) is 17.1. The number of aliphatic imine (C=N–C) groups is 1. The molecule has 1 amide bonds. The monoisotopic (exact) mass is 492 g/mol. The van der Waals surface area contributed by atoms with Crippen molar-refractivity contribution in [3.63, 3.8) is 0 Å². The summed E-state index contributed by atoms with van der Waals surface area (Å²) in [7, 11) is 0. The van der Waals surface area contributed by atoms with E-state index >= 15 is 0 Å². The molecule has 8 nitrogen and oxygen atoms in total. The Morgan fingerprint density at radius 1 is 1.03 bits per heavy atom. The van der Waals surface area contributed by atoms with Gasteiger partial charge >= 0.3 is 0 Å². The predicted octanol–water partition coefficient (Wildman–Crippen LogP) is 5.35. The summed E-state index contributed by atoms with van der Waals surface area (Å²) >= 11 is 1.36. The van der Waals surface area contributed by atoms with E-state index in [2.05, 4.69) is 17.0 Å². The molecule has 1 N–H and O–H groups in total. The number of benzene rings is 2. The molecule has 0 spiro atoms. The van der Waals surface area contributed by atoms with Gasteiger partial charge in [0.15, 0.2) is 17.3 Å². The standard InChI is InChI=1S/C26H28N4O4S/c1-3-5-11-23-29-30-24(27)20(25(31)28-26(30)35-23)16-18-12-13-21(22(17-18)32-4-2)34-15-14-33-19-9-7-6-8-10-19/h6-10,12-13,16-17,27H,3-5,11,14-15H2,1-2H3/b20-16+,27-24?. The van der Waals surface area contributed by atoms with Crippen LogP contribution in [0.4, 0.5) is 0 Å². The summed E-state index contributed by atoms with van der Waals surface area (Å²) in [6, 6.07) is 14.9. The van der Waals surface area contributed by atoms with E-state index in [0.717, 1.165) is 30.1 Å². The van der Waals surface area contributed by atoms with Gasteiger partial charge in [-0.1, -0.05) is 37.6 Å². The minimum absolute atomic E-state index is 0.0235. The molecule has 2 aromatic rings. The number of unbranched alkanes of at least 4 members (excludes halogenated alkanes) is 1. The number of amidine groups is 2. The van der Waals surface area contributed by atoms with E-state index in [9.17, 15) is 4.79 Å². The van der Waals surface area contributed by atoms with E-state index in [1.54, 1.807) is 18.2 Å². The first kappa shape index (κ1) is 24.5. The van der Waals surface area contributed by atoms with Gasteiger partial charge in [-0.3, -0.25) is 10.2 Å². The predicted molar refractivity (Wildman–Crippen MR) is 140 cm³/mol. The number of para-hydroxylation sites is 1. The Labute approximate surface area is 209 Å². The van der Waals surface area contributed by atoms with Crippen LogP contribution in [0.5, 0.6) is 17.2 Å². The van der Waals surface area contributed by atoms with Crippen LogP contribution in [0.2, 0.25) is 0 Å². The van der Waals surface area contributed by atoms with Crippen molar-refractivity contribution in [3.8, 4) is 17.2 Å². The summed E-state index contributed by atoms with van der Waals surface area (Å²) in [5, 5.41) is 15.8. The van der Waals surface area contributed by atoms with E-state index in [1.165, 1.54) is 16.8 Å². The highest BCUT2D eigenvalue weighted by molar-refractivity contribution is 8.26. The number of hydrogen-bond acceptors (Lipinski definition) is 7. The number of nitrogens with zero attached hydrogens (tertiary/aromatic N) is 3. The third kappa shape index (κ3) is 6.10. The lowest BCUT2D eigenvalue weighted by atomic mass is 10.1. The van der Waals surface area contributed by atoms with E-state index in [4.69, 9.17) is 19.6 Å². The molecule has 0 bridgehead atoms. The molecule has 182 valence electrons. The Morgan fingerprint density at radius 3 is 2.60 bits per heavy atom. The fourth-order valence-electron chi connectivity index (χ4n) is 3.46. The van der Waals surface area contributed by atoms with E-state index in [1.807, 2.05) is 43.3 Å². The highest BCUT2D eigenvalue weighted by Gasteiger charge is 2.35. The molecule has 0 atom stereocenters. The summed E-state index contributed by atoms with van der Waals surface area (Å²) in [6.45, 7) is 5.20. The second-order valence-electron chi connectivity index (χ2n) is 7.77. The first-order valence-electron chi connectivity index (χ1n) is 11.7. The fraction of sp³-hybridized carbons (Fsp3) is 0.308. The summed E-state index contributed by atoms with van der Waals surface area (Å²) in [5.41, 5.74) is 0.886. The van der Waals surface area contributed by atoms with Gasteiger partial charge < -0.3 is 14.2 Å². The molecule has 0 fully saturated rings. The Balaban J connectivity index is 1.46. The van der Waals surface area contributed by atoms with E-state index < -0.39 is 5.91 Å². The summed E-state index contributed by atoms with van der Waals surface area (Å²) in [5.74, 6) is 1.49. The lowest BCUT2D eigenvalue weighted by Crippen LogP contribution is -2.35. The molecular formula is C26H28N4O4S. The number of fused-ring (bicyclic) bond motifs is 1. The maximum absolute atomic E-state index is 12.7. The van der Waals surface area contributed by atoms with Crippen molar-refractivity contribution in [2.24, 2.45) is 10.1 Å². The number of carbonyl (C=O) groups excluding carboxylic acids is 1. The van der Waals surface area contributed by atoms with Crippen LogP contribution in [0.1, 0.15) is 38.7 Å². The Hall–Kier alpha value is -3.59. The van der Waals surface area contributed by atoms with Crippen LogP contribution < -0.4 is 14.2 Å². The molecule has 2 aliphatic heterocycles. The van der Waals surface area contributed by atoms with Crippen LogP contribution in [0.25, 0.3) is 6.08 Å². The van der Waals surface area contributed by atoms with Gasteiger partial charge in [0, 0.05) is 0 Å². The van der Waals surface area contributed by atoms with Crippen molar-refractivity contribution in [2.45, 2.75) is 33.1 Å². The average Bonchev–Trinajstić information content (AvgIpc) is 3.28. The van der Waals surface area contributed by atoms with Crippen molar-refractivity contribution < 1.29 is 19.0 Å². The normalized spacial score (nSPS) is 16.2. The summed E-state index contributed by atoms with van der Waals surface area (Å²) in [4.78, 5) is 16.8. The third-order valence-electron chi connectivity index (χ3n) is 5.17. The van der Waals surface area contributed by atoms with Gasteiger partial charge in [-0.2, -0.15) is 15.1 Å². The Morgan fingerprint density at radius 2 is 1.83 bits per heavy atom. The van der Waals surface area contributed by atoms with Crippen LogP contribution in [-0.4, -0.2) is 46.8 Å². The molecule has 0 radical (unpaired) electrons. The molecular weight excluding hydrogens is 464 g/mol. The van der Waals surface area contributed by atoms with Crippen LogP contribution >= 0.6 is 11.8 Å². The molecule has 0 saturated heterocycles. The number of nitrogens with one attached hydrogen (secondary N) is 1. The van der Waals surface area contributed by atoms with Crippen LogP contribution in [0.3, 0.4) is 0 Å². The van der Waals surface area contributed by atoms with Crippen molar-refractivity contribution in [3.05, 3.63) is 59.7 Å². The quantitative estimate of drug-likeness (QED) is 0.335. The fourth-order valence-corrected chi connectivity index (χ4v) is 4.38. The molecule has 9 heteroatoms. The van der Waals surface area contributed by atoms with Gasteiger partial charge in [0.1, 0.15) is 24.0 Å². The topological polar surface area (TPSA) is 96.6 Å². The van der Waals surface area contributed by atoms with Gasteiger partial charge in [0.05, 0.1) is 12.2 Å². The van der Waals surface area contributed by atoms with Crippen molar-refractivity contribution >= 4 is 39.8 Å². The van der Waals surface area contributed by atoms with Crippen molar-refractivity contribution in [1.82, 2.24) is 5.01 Å². The van der Waals surface area contributed by atoms with Gasteiger partial charge in [-0.05, 0) is 67.4 Å². The molecule has 0 unspecified atom stereocenters. The smallest absolute Gasteiger partial charge is 0.283 e. The molecule has 35 heavy (non-hydrogen) atoms. The van der Waals surface area contributed by atoms with Gasteiger partial charge in [0.25, 0.3) is 5.91 Å². The number of hydrazone groups is 1. The highest BCUT2D eigenvalue weighted by Crippen LogP contribution is 2.32. The molecule has 2 heterocycles. The van der Waals surface area contributed by atoms with Crippen molar-refractivity contribution in [2.75, 3.05) is 19.8 Å². The number of rotatable bonds is 11. The summed E-state index contributed by atoms with van der Waals surface area (Å²) < 4.78 is 17.3. The zero-order valence-corrected chi connectivity index (χ0v) is 20.6. The van der Waals surface area contributed by atoms with Gasteiger partial charge in [-0.25, -0.2) is 0 Å². The molecule has 0 aliphatic carbocycles. The first-order valence-corrected chi connectivity index (χ1v) is 12.5. The number of ether oxygens (including phenoxy) is 3. The average molecular weight is 493 g/mol. The minimum Gasteiger partial charge on any atom is -0.490 e. The van der Waals surface area contributed by atoms with Gasteiger partial charge in [0.2, 0.25) is 5.17 Å². The molecule has 4 rings (SSSR count). The number of amides is 1. The van der Waals surface area contributed by atoms with Gasteiger partial charge in [-0.15, -0.1) is 0 Å². The Kier molecular flexibility index (Phi) is 8.20. The lowest BCUT2D eigenvalue weighted by molar-refractivity contribution is -0.114. The SMILES string of the molecule is CCCCC1=NN2C(=N)/C(=C\c3ccc(OCCOc4ccccc4)c(OCC)c3)C(=O)N=C2S1. The minimum atomic E-state index is -0.447. The molecule has 2 aliphatic rings. The van der Waals surface area contributed by atoms with Crippen LogP contribution in [-0.2, 0) is 4.79 Å². The van der Waals surface area contributed by atoms with E-state index in [-0.39, 0.29) is 11.4 Å². The van der Waals surface area contributed by atoms with Crippen LogP contribution in [0, 0.1) is 5.41 Å².